The molecule has 2 aliphatic rings. The molecule has 0 bridgehead atoms. The molecule has 0 unspecified atom stereocenters. The second-order valence-electron chi connectivity index (χ2n) is 13.3. The van der Waals surface area contributed by atoms with Crippen LogP contribution >= 0.6 is 0 Å². The molecule has 0 spiro atoms. The van der Waals surface area contributed by atoms with Gasteiger partial charge in [0.25, 0.3) is 0 Å². The van der Waals surface area contributed by atoms with Crippen molar-refractivity contribution in [2.45, 2.75) is 95.9 Å². The van der Waals surface area contributed by atoms with Crippen molar-refractivity contribution in [3.63, 3.8) is 0 Å². The van der Waals surface area contributed by atoms with Gasteiger partial charge in [-0.1, -0.05) is 78.4 Å². The standard InChI is InChI=1S/2C10H9.2C9H13.2C3H7.2ClH.2Hf/c2*1-8-6-7-9-4-2-3-5-10(8)9;2*1-9(2,3)8-6-4-5-7-8;2*1-3-2;;;;/h2*2-7H,1H3;2*6-7H,4H2,1-3H3;2*3H,1-2H3;2*1H;;/q6*-1;;;2*+4/p-2. The first-order valence-electron chi connectivity index (χ1n) is 16.0. The van der Waals surface area contributed by atoms with Crippen molar-refractivity contribution in [3.8, 4) is 0 Å². The topological polar surface area (TPSA) is 0 Å². The molecular weight excluding hydrogens is 956 g/mol. The predicted molar refractivity (Wildman–Crippen MR) is 200 cm³/mol. The Labute approximate surface area is 346 Å². The van der Waals surface area contributed by atoms with Gasteiger partial charge in [0, 0.05) is 0 Å². The maximum Gasteiger partial charge on any atom is 4.00 e. The van der Waals surface area contributed by atoms with Gasteiger partial charge in [-0.25, -0.2) is 12.2 Å². The predicted octanol–water partition coefficient (Wildman–Crippen LogP) is 7.64. The van der Waals surface area contributed by atoms with Gasteiger partial charge in [0.15, 0.2) is 0 Å². The molecule has 0 saturated heterocycles. The number of rotatable bonds is 0. The molecule has 0 aromatic heterocycles. The van der Waals surface area contributed by atoms with Gasteiger partial charge in [0.1, 0.15) is 0 Å². The Kier molecular flexibility index (Phi) is 32.0. The molecule has 0 atom stereocenters. The fourth-order valence-corrected chi connectivity index (χ4v) is 4.45. The SMILES string of the molecule is CC(C)(C)C1=CC[C-]=C1.CC(C)(C)C1=CC[C-]=C1.C[CH-]C.C[CH-]C.Cc1c[cH-]c2ccccc12.Cc1c[cH-]c2ccccc12.[Cl-].[Cl-].[Hf+4].[Hf+4]. The van der Waals surface area contributed by atoms with E-state index in [4.69, 9.17) is 0 Å². The number of aryl methyl sites for hydroxylation is 2. The normalized spacial score (nSPS) is 12.0. The van der Waals surface area contributed by atoms with Gasteiger partial charge in [-0.05, 0) is 0 Å². The Morgan fingerprint density at radius 2 is 0.854 bits per heavy atom. The molecular formula is C44H58Cl2Hf2. The van der Waals surface area contributed by atoms with Gasteiger partial charge in [-0.2, -0.15) is 74.3 Å². The van der Waals surface area contributed by atoms with Crippen molar-refractivity contribution in [1.82, 2.24) is 0 Å². The van der Waals surface area contributed by atoms with E-state index in [1.807, 2.05) is 40.5 Å². The van der Waals surface area contributed by atoms with Crippen molar-refractivity contribution >= 4 is 21.5 Å². The molecule has 0 nitrogen and oxygen atoms in total. The molecule has 4 aromatic rings. The van der Waals surface area contributed by atoms with Crippen LogP contribution in [0.25, 0.3) is 21.5 Å². The molecule has 256 valence electrons. The van der Waals surface area contributed by atoms with Crippen LogP contribution in [0.1, 0.15) is 93.2 Å². The van der Waals surface area contributed by atoms with Gasteiger partial charge in [0.05, 0.1) is 0 Å². The fourth-order valence-electron chi connectivity index (χ4n) is 4.45. The summed E-state index contributed by atoms with van der Waals surface area (Å²) in [6, 6.07) is 25.5. The number of allylic oxidation sites excluding steroid dienone is 8. The van der Waals surface area contributed by atoms with Gasteiger partial charge in [-0.15, -0.1) is 82.9 Å². The third kappa shape index (κ3) is 20.6. The molecule has 2 aliphatic carbocycles. The zero-order chi connectivity index (χ0) is 33.2. The number of fused-ring (bicyclic) bond motifs is 2. The number of hydrogen-bond donors (Lipinski definition) is 0. The first kappa shape index (κ1) is 53.7. The summed E-state index contributed by atoms with van der Waals surface area (Å²) in [7, 11) is 0. The molecule has 0 saturated carbocycles. The molecule has 0 radical (unpaired) electrons. The largest absolute Gasteiger partial charge is 4.00 e. The molecule has 4 aromatic carbocycles. The Balaban J connectivity index is -0.000000248. The summed E-state index contributed by atoms with van der Waals surface area (Å²) in [5.74, 6) is 0. The summed E-state index contributed by atoms with van der Waals surface area (Å²) in [6.07, 6.45) is 21.0. The van der Waals surface area contributed by atoms with E-state index in [0.717, 1.165) is 12.8 Å². The van der Waals surface area contributed by atoms with Crippen LogP contribution in [-0.2, 0) is 51.7 Å². The minimum atomic E-state index is 0. The Morgan fingerprint density at radius 1 is 0.562 bits per heavy atom. The Morgan fingerprint density at radius 3 is 1.06 bits per heavy atom. The van der Waals surface area contributed by atoms with Crippen LogP contribution in [0.2, 0.25) is 0 Å². The van der Waals surface area contributed by atoms with Crippen molar-refractivity contribution in [2.24, 2.45) is 10.8 Å². The molecule has 0 aliphatic heterocycles. The van der Waals surface area contributed by atoms with Crippen LogP contribution < -0.4 is 24.8 Å². The summed E-state index contributed by atoms with van der Waals surface area (Å²) in [4.78, 5) is 0. The molecule has 0 N–H and O–H groups in total. The Bertz CT molecular complexity index is 1370. The van der Waals surface area contributed by atoms with E-state index in [-0.39, 0.29) is 76.5 Å². The molecule has 0 fully saturated rings. The van der Waals surface area contributed by atoms with E-state index in [2.05, 4.69) is 165 Å². The van der Waals surface area contributed by atoms with Crippen molar-refractivity contribution in [1.29, 1.82) is 0 Å². The molecule has 0 heterocycles. The van der Waals surface area contributed by atoms with Crippen molar-refractivity contribution in [3.05, 3.63) is 144 Å². The van der Waals surface area contributed by atoms with E-state index >= 15 is 0 Å². The van der Waals surface area contributed by atoms with Crippen LogP contribution in [0.5, 0.6) is 0 Å². The van der Waals surface area contributed by atoms with Gasteiger partial charge in [-0.3, -0.25) is 12.2 Å². The second kappa shape index (κ2) is 28.6. The fraction of sp³-hybridized carbons (Fsp3) is 0.364. The summed E-state index contributed by atoms with van der Waals surface area (Å²) in [6.45, 7) is 25.6. The van der Waals surface area contributed by atoms with E-state index in [9.17, 15) is 0 Å². The van der Waals surface area contributed by atoms with Crippen LogP contribution in [0.4, 0.5) is 0 Å². The Hall–Kier alpha value is -1.06. The minimum Gasteiger partial charge on any atom is -1.00 e. The van der Waals surface area contributed by atoms with Crippen LogP contribution in [0.15, 0.2) is 108 Å². The van der Waals surface area contributed by atoms with Crippen molar-refractivity contribution < 1.29 is 76.5 Å². The van der Waals surface area contributed by atoms with E-state index in [1.54, 1.807) is 0 Å². The van der Waals surface area contributed by atoms with E-state index in [0.29, 0.717) is 10.8 Å². The summed E-state index contributed by atoms with van der Waals surface area (Å²) < 4.78 is 0. The summed E-state index contributed by atoms with van der Waals surface area (Å²) >= 11 is 0. The average Bonchev–Trinajstić information content (AvgIpc) is 3.79. The van der Waals surface area contributed by atoms with E-state index in [1.165, 1.54) is 43.8 Å². The summed E-state index contributed by atoms with van der Waals surface area (Å²) in [5, 5.41) is 5.45. The van der Waals surface area contributed by atoms with Crippen LogP contribution in [0, 0.1) is 49.7 Å². The zero-order valence-corrected chi connectivity index (χ0v) is 40.3. The monoisotopic (exact) mass is 1020 g/mol. The molecule has 48 heavy (non-hydrogen) atoms. The number of hydrogen-bond acceptors (Lipinski definition) is 0. The van der Waals surface area contributed by atoms with Gasteiger partial charge < -0.3 is 37.7 Å². The van der Waals surface area contributed by atoms with Crippen molar-refractivity contribution in [2.75, 3.05) is 0 Å². The second-order valence-corrected chi connectivity index (χ2v) is 13.3. The maximum atomic E-state index is 3.16. The van der Waals surface area contributed by atoms with Gasteiger partial charge in [0.2, 0.25) is 0 Å². The molecule has 6 rings (SSSR count). The number of benzene rings is 2. The first-order valence-corrected chi connectivity index (χ1v) is 16.0. The van der Waals surface area contributed by atoms with Crippen LogP contribution in [-0.4, -0.2) is 0 Å². The zero-order valence-electron chi connectivity index (χ0n) is 31.6. The molecule has 0 amide bonds. The minimum absolute atomic E-state index is 0. The first-order chi connectivity index (χ1) is 20.8. The quantitative estimate of drug-likeness (QED) is 0.126. The van der Waals surface area contributed by atoms with E-state index < -0.39 is 0 Å². The van der Waals surface area contributed by atoms with Crippen LogP contribution in [0.3, 0.4) is 0 Å². The maximum absolute atomic E-state index is 3.16. The van der Waals surface area contributed by atoms with Gasteiger partial charge >= 0.3 is 51.7 Å². The smallest absolute Gasteiger partial charge is 1.00 e. The molecule has 4 heteroatoms. The number of halogens is 2. The third-order valence-electron chi connectivity index (χ3n) is 6.92. The summed E-state index contributed by atoms with van der Waals surface area (Å²) in [5.41, 5.74) is 6.23. The third-order valence-corrected chi connectivity index (χ3v) is 6.92. The average molecular weight is 1010 g/mol.